The Balaban J connectivity index is 1.39. The average Bonchev–Trinajstić information content (AvgIpc) is 3.12. The summed E-state index contributed by atoms with van der Waals surface area (Å²) in [4.78, 5) is 30.9. The van der Waals surface area contributed by atoms with Gasteiger partial charge in [0, 0.05) is 49.9 Å². The smallest absolute Gasteiger partial charge is 0.228 e. The minimum Gasteiger partial charge on any atom is -0.366 e. The SMILES string of the molecule is Cc1ccc(N2CC(C(=O)N3CCN(c4ccccc4F)CC3)CC2=O)cc1Cl. The van der Waals surface area contributed by atoms with Gasteiger partial charge in [-0.05, 0) is 36.8 Å². The Bertz CT molecular complexity index is 943. The van der Waals surface area contributed by atoms with Crippen LogP contribution in [0.25, 0.3) is 0 Å². The average molecular weight is 416 g/mol. The van der Waals surface area contributed by atoms with Crippen molar-refractivity contribution >= 4 is 34.8 Å². The molecule has 1 unspecified atom stereocenters. The van der Waals surface area contributed by atoms with E-state index >= 15 is 0 Å². The van der Waals surface area contributed by atoms with Crippen LogP contribution < -0.4 is 9.80 Å². The molecule has 7 heteroatoms. The number of amides is 2. The highest BCUT2D eigenvalue weighted by Gasteiger charge is 2.38. The first-order chi connectivity index (χ1) is 13.9. The van der Waals surface area contributed by atoms with E-state index in [2.05, 4.69) is 0 Å². The van der Waals surface area contributed by atoms with Crippen molar-refractivity contribution < 1.29 is 14.0 Å². The molecular weight excluding hydrogens is 393 g/mol. The summed E-state index contributed by atoms with van der Waals surface area (Å²) < 4.78 is 14.0. The molecular formula is C22H23ClFN3O2. The van der Waals surface area contributed by atoms with E-state index in [-0.39, 0.29) is 30.0 Å². The quantitative estimate of drug-likeness (QED) is 0.770. The second kappa shape index (κ2) is 8.03. The molecule has 2 aromatic rings. The lowest BCUT2D eigenvalue weighted by Gasteiger charge is -2.37. The van der Waals surface area contributed by atoms with Crippen molar-refractivity contribution in [2.75, 3.05) is 42.5 Å². The lowest BCUT2D eigenvalue weighted by Crippen LogP contribution is -2.51. The maximum absolute atomic E-state index is 14.0. The summed E-state index contributed by atoms with van der Waals surface area (Å²) in [6.07, 6.45) is 0.206. The predicted molar refractivity (Wildman–Crippen MR) is 112 cm³/mol. The van der Waals surface area contributed by atoms with Crippen LogP contribution in [0.15, 0.2) is 42.5 Å². The van der Waals surface area contributed by atoms with Gasteiger partial charge in [-0.1, -0.05) is 29.8 Å². The molecule has 152 valence electrons. The van der Waals surface area contributed by atoms with Gasteiger partial charge in [0.05, 0.1) is 11.6 Å². The highest BCUT2D eigenvalue weighted by Crippen LogP contribution is 2.30. The molecule has 0 aromatic heterocycles. The van der Waals surface area contributed by atoms with Crippen LogP contribution in [0.2, 0.25) is 5.02 Å². The lowest BCUT2D eigenvalue weighted by atomic mass is 10.1. The van der Waals surface area contributed by atoms with E-state index in [1.54, 1.807) is 28.0 Å². The largest absolute Gasteiger partial charge is 0.366 e. The zero-order valence-electron chi connectivity index (χ0n) is 16.3. The first-order valence-electron chi connectivity index (χ1n) is 9.79. The second-order valence-electron chi connectivity index (χ2n) is 7.60. The van der Waals surface area contributed by atoms with E-state index in [1.165, 1.54) is 6.07 Å². The van der Waals surface area contributed by atoms with Gasteiger partial charge in [0.2, 0.25) is 11.8 Å². The van der Waals surface area contributed by atoms with Crippen LogP contribution in [0, 0.1) is 18.7 Å². The van der Waals surface area contributed by atoms with Gasteiger partial charge < -0.3 is 14.7 Å². The van der Waals surface area contributed by atoms with Gasteiger partial charge >= 0.3 is 0 Å². The molecule has 0 spiro atoms. The number of hydrogen-bond acceptors (Lipinski definition) is 3. The third-order valence-corrected chi connectivity index (χ3v) is 6.13. The van der Waals surface area contributed by atoms with Gasteiger partial charge in [0.1, 0.15) is 5.82 Å². The molecule has 2 aliphatic heterocycles. The molecule has 4 rings (SSSR count). The van der Waals surface area contributed by atoms with Crippen molar-refractivity contribution in [1.29, 1.82) is 0 Å². The number of aryl methyl sites for hydroxylation is 1. The normalized spacial score (nSPS) is 19.8. The lowest BCUT2D eigenvalue weighted by molar-refractivity contribution is -0.136. The number of carbonyl (C=O) groups excluding carboxylic acids is 2. The molecule has 2 aromatic carbocycles. The molecule has 2 amide bonds. The maximum Gasteiger partial charge on any atom is 0.228 e. The molecule has 1 atom stereocenters. The van der Waals surface area contributed by atoms with Crippen LogP contribution in [0.1, 0.15) is 12.0 Å². The van der Waals surface area contributed by atoms with Crippen LogP contribution in [0.4, 0.5) is 15.8 Å². The molecule has 5 nitrogen and oxygen atoms in total. The molecule has 0 aliphatic carbocycles. The van der Waals surface area contributed by atoms with Crippen LogP contribution in [-0.2, 0) is 9.59 Å². The second-order valence-corrected chi connectivity index (χ2v) is 8.01. The van der Waals surface area contributed by atoms with Gasteiger partial charge in [-0.3, -0.25) is 9.59 Å². The summed E-state index contributed by atoms with van der Waals surface area (Å²) in [6, 6.07) is 12.2. The van der Waals surface area contributed by atoms with Crippen LogP contribution >= 0.6 is 11.6 Å². The molecule has 2 aliphatic rings. The zero-order chi connectivity index (χ0) is 20.5. The monoisotopic (exact) mass is 415 g/mol. The van der Waals surface area contributed by atoms with E-state index in [0.29, 0.717) is 43.4 Å². The summed E-state index contributed by atoms with van der Waals surface area (Å²) >= 11 is 6.19. The fraction of sp³-hybridized carbons (Fsp3) is 0.364. The van der Waals surface area contributed by atoms with Crippen molar-refractivity contribution in [3.05, 3.63) is 58.9 Å². The molecule has 0 N–H and O–H groups in total. The fourth-order valence-electron chi connectivity index (χ4n) is 4.01. The number of carbonyl (C=O) groups is 2. The number of anilines is 2. The van der Waals surface area contributed by atoms with Crippen molar-refractivity contribution in [3.8, 4) is 0 Å². The van der Waals surface area contributed by atoms with E-state index in [9.17, 15) is 14.0 Å². The third kappa shape index (κ3) is 3.94. The number of benzene rings is 2. The summed E-state index contributed by atoms with van der Waals surface area (Å²) in [7, 11) is 0. The molecule has 2 saturated heterocycles. The molecule has 0 radical (unpaired) electrons. The predicted octanol–water partition coefficient (Wildman–Crippen LogP) is 3.49. The van der Waals surface area contributed by atoms with Crippen LogP contribution in [-0.4, -0.2) is 49.4 Å². The van der Waals surface area contributed by atoms with E-state index in [4.69, 9.17) is 11.6 Å². The number of rotatable bonds is 3. The van der Waals surface area contributed by atoms with E-state index in [0.717, 1.165) is 11.3 Å². The van der Waals surface area contributed by atoms with E-state index in [1.807, 2.05) is 30.0 Å². The Morgan fingerprint density at radius 3 is 2.52 bits per heavy atom. The van der Waals surface area contributed by atoms with Gasteiger partial charge in [0.25, 0.3) is 0 Å². The minimum absolute atomic E-state index is 0.00718. The van der Waals surface area contributed by atoms with Gasteiger partial charge in [0.15, 0.2) is 0 Å². The first kappa shape index (κ1) is 19.7. The zero-order valence-corrected chi connectivity index (χ0v) is 17.0. The summed E-state index contributed by atoms with van der Waals surface area (Å²) in [5, 5.41) is 0.606. The van der Waals surface area contributed by atoms with Gasteiger partial charge in [-0.15, -0.1) is 0 Å². The van der Waals surface area contributed by atoms with Crippen LogP contribution in [0.3, 0.4) is 0 Å². The molecule has 2 heterocycles. The van der Waals surface area contributed by atoms with Crippen molar-refractivity contribution in [2.45, 2.75) is 13.3 Å². The number of para-hydroxylation sites is 1. The van der Waals surface area contributed by atoms with Gasteiger partial charge in [-0.25, -0.2) is 4.39 Å². The standard InChI is InChI=1S/C22H23ClFN3O2/c1-15-6-7-17(13-18(15)23)27-14-16(12-21(27)28)22(29)26-10-8-25(9-11-26)20-5-3-2-4-19(20)24/h2-7,13,16H,8-12,14H2,1H3. The number of piperazine rings is 1. The van der Waals surface area contributed by atoms with E-state index < -0.39 is 0 Å². The number of nitrogens with zero attached hydrogens (tertiary/aromatic N) is 3. The number of hydrogen-bond donors (Lipinski definition) is 0. The van der Waals surface area contributed by atoms with Crippen molar-refractivity contribution in [1.82, 2.24) is 4.90 Å². The Morgan fingerprint density at radius 1 is 1.10 bits per heavy atom. The topological polar surface area (TPSA) is 43.9 Å². The highest BCUT2D eigenvalue weighted by atomic mass is 35.5. The Hall–Kier alpha value is -2.60. The van der Waals surface area contributed by atoms with Gasteiger partial charge in [-0.2, -0.15) is 0 Å². The molecule has 0 bridgehead atoms. The third-order valence-electron chi connectivity index (χ3n) is 5.73. The first-order valence-corrected chi connectivity index (χ1v) is 10.2. The highest BCUT2D eigenvalue weighted by molar-refractivity contribution is 6.31. The summed E-state index contributed by atoms with van der Waals surface area (Å²) in [6.45, 7) is 4.47. The molecule has 0 saturated carbocycles. The molecule has 2 fully saturated rings. The number of halogens is 2. The maximum atomic E-state index is 14.0. The van der Waals surface area contributed by atoms with Crippen LogP contribution in [0.5, 0.6) is 0 Å². The Kier molecular flexibility index (Phi) is 5.46. The summed E-state index contributed by atoms with van der Waals surface area (Å²) in [5.74, 6) is -0.677. The fourth-order valence-corrected chi connectivity index (χ4v) is 4.18. The minimum atomic E-state index is -0.359. The van der Waals surface area contributed by atoms with Crippen molar-refractivity contribution in [2.24, 2.45) is 5.92 Å². The molecule has 29 heavy (non-hydrogen) atoms. The summed E-state index contributed by atoms with van der Waals surface area (Å²) in [5.41, 5.74) is 2.24. The Morgan fingerprint density at radius 2 is 1.83 bits per heavy atom. The van der Waals surface area contributed by atoms with Crippen molar-refractivity contribution in [3.63, 3.8) is 0 Å². The Labute approximate surface area is 174 Å².